The monoisotopic (exact) mass is 369 g/mol. The summed E-state index contributed by atoms with van der Waals surface area (Å²) in [6.45, 7) is 5.48. The second kappa shape index (κ2) is 7.36. The van der Waals surface area contributed by atoms with E-state index in [9.17, 15) is 14.9 Å². The number of hydrogen-bond donors (Lipinski definition) is 1. The van der Waals surface area contributed by atoms with Gasteiger partial charge in [-0.1, -0.05) is 29.8 Å². The van der Waals surface area contributed by atoms with Crippen molar-refractivity contribution in [3.05, 3.63) is 63.2 Å². The molecule has 0 fully saturated rings. The summed E-state index contributed by atoms with van der Waals surface area (Å²) in [6, 6.07) is 8.02. The standard InChI is InChI=1S/C17H19N7O3/c1-11-5-4-6-14(7-11)8-22-10-18-17(21-22)19-15(25)9-23-13(3)16(24(26)27)12(2)20-23/h4-7,10H,8-9H2,1-3H3,(H,19,21,25). The second-order valence-electron chi connectivity index (χ2n) is 6.24. The minimum absolute atomic E-state index is 0.0802. The van der Waals surface area contributed by atoms with E-state index >= 15 is 0 Å². The maximum Gasteiger partial charge on any atom is 0.312 e. The number of rotatable bonds is 6. The van der Waals surface area contributed by atoms with Crippen molar-refractivity contribution in [2.45, 2.75) is 33.9 Å². The lowest BCUT2D eigenvalue weighted by Crippen LogP contribution is -2.21. The lowest BCUT2D eigenvalue weighted by Gasteiger charge is -2.04. The largest absolute Gasteiger partial charge is 0.312 e. The van der Waals surface area contributed by atoms with Gasteiger partial charge in [-0.3, -0.25) is 24.9 Å². The fraction of sp³-hybridized carbons (Fsp3) is 0.294. The maximum atomic E-state index is 12.2. The van der Waals surface area contributed by atoms with E-state index in [0.717, 1.165) is 11.1 Å². The molecule has 140 valence electrons. The molecule has 1 aromatic carbocycles. The topological polar surface area (TPSA) is 121 Å². The van der Waals surface area contributed by atoms with Crippen LogP contribution in [0.5, 0.6) is 0 Å². The summed E-state index contributed by atoms with van der Waals surface area (Å²) in [5.41, 5.74) is 2.74. The van der Waals surface area contributed by atoms with Crippen molar-refractivity contribution in [2.24, 2.45) is 0 Å². The summed E-state index contributed by atoms with van der Waals surface area (Å²) >= 11 is 0. The smallest absolute Gasteiger partial charge is 0.292 e. The van der Waals surface area contributed by atoms with Crippen LogP contribution in [0.2, 0.25) is 0 Å². The highest BCUT2D eigenvalue weighted by molar-refractivity contribution is 5.88. The van der Waals surface area contributed by atoms with Crippen LogP contribution in [0.1, 0.15) is 22.5 Å². The van der Waals surface area contributed by atoms with Crippen LogP contribution in [0.4, 0.5) is 11.6 Å². The predicted octanol–water partition coefficient (Wildman–Crippen LogP) is 2.00. The van der Waals surface area contributed by atoms with Crippen LogP contribution in [0.15, 0.2) is 30.6 Å². The number of anilines is 1. The molecule has 0 radical (unpaired) electrons. The first kappa shape index (κ1) is 18.2. The first-order valence-electron chi connectivity index (χ1n) is 8.26. The number of nitrogens with zero attached hydrogens (tertiary/aromatic N) is 6. The van der Waals surface area contributed by atoms with Gasteiger partial charge in [-0.25, -0.2) is 9.67 Å². The molecule has 1 amide bonds. The van der Waals surface area contributed by atoms with Gasteiger partial charge in [0.1, 0.15) is 24.3 Å². The lowest BCUT2D eigenvalue weighted by molar-refractivity contribution is -0.386. The number of nitrogens with one attached hydrogen (secondary N) is 1. The SMILES string of the molecule is Cc1cccc(Cn2cnc(NC(=O)Cn3nc(C)c([N+](=O)[O-])c3C)n2)c1. The molecule has 10 nitrogen and oxygen atoms in total. The van der Waals surface area contributed by atoms with Crippen molar-refractivity contribution in [1.29, 1.82) is 0 Å². The van der Waals surface area contributed by atoms with E-state index in [2.05, 4.69) is 26.6 Å². The molecule has 0 spiro atoms. The molecule has 2 heterocycles. The van der Waals surface area contributed by atoms with E-state index < -0.39 is 10.8 Å². The van der Waals surface area contributed by atoms with E-state index in [1.54, 1.807) is 11.6 Å². The van der Waals surface area contributed by atoms with Crippen LogP contribution in [0.3, 0.4) is 0 Å². The molecule has 3 aromatic rings. The molecule has 0 saturated carbocycles. The minimum atomic E-state index is -0.499. The molecule has 0 aliphatic heterocycles. The first-order chi connectivity index (χ1) is 12.8. The summed E-state index contributed by atoms with van der Waals surface area (Å²) in [5.74, 6) is -0.243. The Balaban J connectivity index is 1.65. The highest BCUT2D eigenvalue weighted by atomic mass is 16.6. The van der Waals surface area contributed by atoms with Crippen molar-refractivity contribution in [3.8, 4) is 0 Å². The van der Waals surface area contributed by atoms with Crippen LogP contribution in [-0.4, -0.2) is 35.4 Å². The molecule has 27 heavy (non-hydrogen) atoms. The van der Waals surface area contributed by atoms with Crippen molar-refractivity contribution in [2.75, 3.05) is 5.32 Å². The summed E-state index contributed by atoms with van der Waals surface area (Å²) in [4.78, 5) is 26.8. The fourth-order valence-electron chi connectivity index (χ4n) is 2.83. The molecule has 10 heteroatoms. The molecule has 0 saturated heterocycles. The number of aryl methyl sites for hydroxylation is 2. The number of hydrogen-bond acceptors (Lipinski definition) is 6. The predicted molar refractivity (Wildman–Crippen MR) is 97.3 cm³/mol. The van der Waals surface area contributed by atoms with Gasteiger partial charge in [-0.05, 0) is 26.3 Å². The van der Waals surface area contributed by atoms with Crippen LogP contribution in [-0.2, 0) is 17.9 Å². The van der Waals surface area contributed by atoms with Gasteiger partial charge in [0.25, 0.3) is 0 Å². The van der Waals surface area contributed by atoms with Crippen molar-refractivity contribution in [1.82, 2.24) is 24.5 Å². The quantitative estimate of drug-likeness (QED) is 0.524. The molecule has 0 aliphatic rings. The molecule has 0 atom stereocenters. The fourth-order valence-corrected chi connectivity index (χ4v) is 2.83. The molecule has 2 aromatic heterocycles. The number of amides is 1. The van der Waals surface area contributed by atoms with Gasteiger partial charge in [-0.2, -0.15) is 5.10 Å². The summed E-state index contributed by atoms with van der Waals surface area (Å²) < 4.78 is 2.92. The molecule has 3 rings (SSSR count). The van der Waals surface area contributed by atoms with E-state index in [1.807, 2.05) is 25.1 Å². The first-order valence-corrected chi connectivity index (χ1v) is 8.26. The van der Waals surface area contributed by atoms with Crippen molar-refractivity contribution < 1.29 is 9.72 Å². The van der Waals surface area contributed by atoms with Gasteiger partial charge < -0.3 is 0 Å². The zero-order valence-electron chi connectivity index (χ0n) is 15.2. The Bertz CT molecular complexity index is 1010. The normalized spacial score (nSPS) is 10.8. The number of carbonyl (C=O) groups excluding carboxylic acids is 1. The molecule has 0 aliphatic carbocycles. The van der Waals surface area contributed by atoms with Crippen LogP contribution in [0, 0.1) is 30.9 Å². The number of carbonyl (C=O) groups is 1. The summed E-state index contributed by atoms with van der Waals surface area (Å²) in [7, 11) is 0. The third-order valence-corrected chi connectivity index (χ3v) is 4.03. The van der Waals surface area contributed by atoms with Crippen LogP contribution < -0.4 is 5.32 Å². The Morgan fingerprint density at radius 1 is 1.26 bits per heavy atom. The van der Waals surface area contributed by atoms with Crippen molar-refractivity contribution in [3.63, 3.8) is 0 Å². The third-order valence-electron chi connectivity index (χ3n) is 4.03. The van der Waals surface area contributed by atoms with Gasteiger partial charge >= 0.3 is 5.69 Å². The molecule has 0 bridgehead atoms. The summed E-state index contributed by atoms with van der Waals surface area (Å²) in [6.07, 6.45) is 1.53. The Morgan fingerprint density at radius 2 is 2.04 bits per heavy atom. The van der Waals surface area contributed by atoms with Gasteiger partial charge in [0.2, 0.25) is 11.9 Å². The van der Waals surface area contributed by atoms with E-state index in [-0.39, 0.29) is 23.9 Å². The van der Waals surface area contributed by atoms with Crippen LogP contribution in [0.25, 0.3) is 0 Å². The Labute approximate surface area is 155 Å². The van der Waals surface area contributed by atoms with Crippen LogP contribution >= 0.6 is 0 Å². The van der Waals surface area contributed by atoms with Gasteiger partial charge in [0.15, 0.2) is 0 Å². The maximum absolute atomic E-state index is 12.2. The highest BCUT2D eigenvalue weighted by Gasteiger charge is 2.23. The van der Waals surface area contributed by atoms with E-state index in [1.165, 1.54) is 17.9 Å². The van der Waals surface area contributed by atoms with Gasteiger partial charge in [-0.15, -0.1) is 5.10 Å². The minimum Gasteiger partial charge on any atom is -0.292 e. The lowest BCUT2D eigenvalue weighted by atomic mass is 10.1. The number of benzene rings is 1. The second-order valence-corrected chi connectivity index (χ2v) is 6.24. The average Bonchev–Trinajstić information content (AvgIpc) is 3.11. The number of aromatic nitrogens is 5. The Kier molecular flexibility index (Phi) is 4.97. The van der Waals surface area contributed by atoms with E-state index in [0.29, 0.717) is 12.2 Å². The van der Waals surface area contributed by atoms with Crippen molar-refractivity contribution >= 4 is 17.5 Å². The summed E-state index contributed by atoms with van der Waals surface area (Å²) in [5, 5.41) is 21.9. The zero-order valence-corrected chi connectivity index (χ0v) is 15.2. The highest BCUT2D eigenvalue weighted by Crippen LogP contribution is 2.21. The zero-order chi connectivity index (χ0) is 19.6. The van der Waals surface area contributed by atoms with Gasteiger partial charge in [0.05, 0.1) is 11.5 Å². The van der Waals surface area contributed by atoms with Gasteiger partial charge in [0, 0.05) is 0 Å². The average molecular weight is 369 g/mol. The Hall–Kier alpha value is -3.56. The Morgan fingerprint density at radius 3 is 2.70 bits per heavy atom. The molecular weight excluding hydrogens is 350 g/mol. The molecule has 1 N–H and O–H groups in total. The molecule has 0 unspecified atom stereocenters. The third kappa shape index (κ3) is 4.17. The van der Waals surface area contributed by atoms with E-state index in [4.69, 9.17) is 0 Å². The molecular formula is C17H19N7O3. The number of nitro groups is 1.